The highest BCUT2D eigenvalue weighted by atomic mass is 19.1. The summed E-state index contributed by atoms with van der Waals surface area (Å²) in [6.45, 7) is 1.71. The molecule has 0 heterocycles. The van der Waals surface area contributed by atoms with Crippen molar-refractivity contribution in [1.82, 2.24) is 0 Å². The topological polar surface area (TPSA) is 70.8 Å². The van der Waals surface area contributed by atoms with E-state index in [1.54, 1.807) is 19.1 Å². The molecule has 19 heavy (non-hydrogen) atoms. The van der Waals surface area contributed by atoms with Gasteiger partial charge >= 0.3 is 5.97 Å². The molecule has 0 aromatic heterocycles. The molecule has 1 rings (SSSR count). The molecular formula is C13H18FNO4. The van der Waals surface area contributed by atoms with E-state index in [-0.39, 0.29) is 6.61 Å². The van der Waals surface area contributed by atoms with Gasteiger partial charge in [-0.15, -0.1) is 0 Å². The Hall–Kier alpha value is -1.82. The number of esters is 1. The van der Waals surface area contributed by atoms with E-state index in [0.717, 1.165) is 0 Å². The van der Waals surface area contributed by atoms with Gasteiger partial charge in [0.1, 0.15) is 0 Å². The summed E-state index contributed by atoms with van der Waals surface area (Å²) in [4.78, 5) is 11.3. The average molecular weight is 271 g/mol. The van der Waals surface area contributed by atoms with Crippen molar-refractivity contribution < 1.29 is 23.4 Å². The van der Waals surface area contributed by atoms with Crippen LogP contribution in [0.3, 0.4) is 0 Å². The largest absolute Gasteiger partial charge is 0.493 e. The molecule has 1 unspecified atom stereocenters. The van der Waals surface area contributed by atoms with E-state index in [9.17, 15) is 9.18 Å². The Kier molecular flexibility index (Phi) is 5.57. The van der Waals surface area contributed by atoms with Gasteiger partial charge in [0.05, 0.1) is 26.9 Å². The van der Waals surface area contributed by atoms with Gasteiger partial charge < -0.3 is 19.9 Å². The van der Waals surface area contributed by atoms with Crippen molar-refractivity contribution in [2.45, 2.75) is 19.1 Å². The molecule has 0 spiro atoms. The number of halogens is 1. The van der Waals surface area contributed by atoms with Gasteiger partial charge in [-0.1, -0.05) is 6.07 Å². The zero-order valence-corrected chi connectivity index (χ0v) is 11.2. The Morgan fingerprint density at radius 2 is 1.95 bits per heavy atom. The fraction of sp³-hybridized carbons (Fsp3) is 0.462. The van der Waals surface area contributed by atoms with Crippen LogP contribution in [0.1, 0.15) is 18.5 Å². The number of hydrogen-bond acceptors (Lipinski definition) is 5. The van der Waals surface area contributed by atoms with Crippen LogP contribution >= 0.6 is 0 Å². The molecule has 2 N–H and O–H groups in total. The van der Waals surface area contributed by atoms with Gasteiger partial charge in [-0.3, -0.25) is 0 Å². The Balaban J connectivity index is 2.93. The SMILES string of the molecule is CCOC(=O)C(F)[C@@H](N)c1ccc(OC)c(OC)c1. The second kappa shape index (κ2) is 6.94. The van der Waals surface area contributed by atoms with Gasteiger partial charge in [0.15, 0.2) is 11.5 Å². The molecule has 0 saturated carbocycles. The molecule has 0 fully saturated rings. The number of alkyl halides is 1. The molecule has 0 radical (unpaired) electrons. The summed E-state index contributed by atoms with van der Waals surface area (Å²) < 4.78 is 28.6. The molecule has 0 aliphatic heterocycles. The molecule has 0 saturated heterocycles. The summed E-state index contributed by atoms with van der Waals surface area (Å²) in [7, 11) is 2.96. The maximum atomic E-state index is 13.8. The van der Waals surface area contributed by atoms with Crippen LogP contribution in [0.5, 0.6) is 11.5 Å². The Labute approximate surface area is 111 Å². The van der Waals surface area contributed by atoms with E-state index < -0.39 is 18.2 Å². The van der Waals surface area contributed by atoms with Crippen LogP contribution in [0.4, 0.5) is 4.39 Å². The number of carbonyl (C=O) groups excluding carboxylic acids is 1. The van der Waals surface area contributed by atoms with Gasteiger partial charge in [0, 0.05) is 0 Å². The molecule has 5 nitrogen and oxygen atoms in total. The van der Waals surface area contributed by atoms with E-state index >= 15 is 0 Å². The lowest BCUT2D eigenvalue weighted by Gasteiger charge is -2.17. The van der Waals surface area contributed by atoms with Crippen molar-refractivity contribution in [3.8, 4) is 11.5 Å². The molecule has 0 amide bonds. The minimum Gasteiger partial charge on any atom is -0.493 e. The van der Waals surface area contributed by atoms with E-state index in [2.05, 4.69) is 4.74 Å². The summed E-state index contributed by atoms with van der Waals surface area (Å²) >= 11 is 0. The molecule has 0 aliphatic rings. The summed E-state index contributed by atoms with van der Waals surface area (Å²) in [5, 5.41) is 0. The quantitative estimate of drug-likeness (QED) is 0.796. The standard InChI is InChI=1S/C13H18FNO4/c1-4-19-13(16)11(14)12(15)8-5-6-9(17-2)10(7-8)18-3/h5-7,11-12H,4,15H2,1-3H3/t11?,12-/m0/s1. The van der Waals surface area contributed by atoms with Crippen molar-refractivity contribution in [1.29, 1.82) is 0 Å². The van der Waals surface area contributed by atoms with Gasteiger partial charge in [-0.25, -0.2) is 9.18 Å². The fourth-order valence-corrected chi connectivity index (χ4v) is 1.60. The third kappa shape index (κ3) is 3.57. The number of ether oxygens (including phenoxy) is 3. The van der Waals surface area contributed by atoms with Gasteiger partial charge in [-0.05, 0) is 24.6 Å². The van der Waals surface area contributed by atoms with Crippen LogP contribution in [0.25, 0.3) is 0 Å². The predicted octanol–water partition coefficient (Wildman–Crippen LogP) is 1.60. The molecule has 106 valence electrons. The molecule has 0 aliphatic carbocycles. The maximum Gasteiger partial charge on any atom is 0.342 e. The number of hydrogen-bond donors (Lipinski definition) is 1. The lowest BCUT2D eigenvalue weighted by molar-refractivity contribution is -0.149. The van der Waals surface area contributed by atoms with Crippen molar-refractivity contribution >= 4 is 5.97 Å². The number of rotatable bonds is 6. The van der Waals surface area contributed by atoms with E-state index in [1.165, 1.54) is 20.3 Å². The molecular weight excluding hydrogens is 253 g/mol. The first-order valence-electron chi connectivity index (χ1n) is 5.83. The van der Waals surface area contributed by atoms with Crippen LogP contribution in [0, 0.1) is 0 Å². The Morgan fingerprint density at radius 1 is 1.32 bits per heavy atom. The minimum atomic E-state index is -1.92. The molecule has 6 heteroatoms. The smallest absolute Gasteiger partial charge is 0.342 e. The predicted molar refractivity (Wildman–Crippen MR) is 68.0 cm³/mol. The van der Waals surface area contributed by atoms with Crippen LogP contribution in [-0.4, -0.2) is 33.0 Å². The number of methoxy groups -OCH3 is 2. The van der Waals surface area contributed by atoms with Crippen LogP contribution in [0.15, 0.2) is 18.2 Å². The second-order valence-corrected chi connectivity index (χ2v) is 3.79. The monoisotopic (exact) mass is 271 g/mol. The first-order chi connectivity index (χ1) is 9.04. The van der Waals surface area contributed by atoms with Crippen molar-refractivity contribution in [3.63, 3.8) is 0 Å². The summed E-state index contributed by atoms with van der Waals surface area (Å²) in [5.74, 6) is -0.0405. The van der Waals surface area contributed by atoms with E-state index in [1.807, 2.05) is 0 Å². The van der Waals surface area contributed by atoms with Crippen molar-refractivity contribution in [3.05, 3.63) is 23.8 Å². The third-order valence-corrected chi connectivity index (χ3v) is 2.62. The maximum absolute atomic E-state index is 13.8. The fourth-order valence-electron chi connectivity index (χ4n) is 1.60. The lowest BCUT2D eigenvalue weighted by Crippen LogP contribution is -2.31. The van der Waals surface area contributed by atoms with Gasteiger partial charge in [-0.2, -0.15) is 0 Å². The number of carbonyl (C=O) groups is 1. The molecule has 2 atom stereocenters. The zero-order chi connectivity index (χ0) is 14.4. The highest BCUT2D eigenvalue weighted by molar-refractivity contribution is 5.75. The summed E-state index contributed by atoms with van der Waals surface area (Å²) in [6.07, 6.45) is -1.92. The normalized spacial score (nSPS) is 13.5. The zero-order valence-electron chi connectivity index (χ0n) is 11.2. The molecule has 0 bridgehead atoms. The lowest BCUT2D eigenvalue weighted by atomic mass is 10.0. The third-order valence-electron chi connectivity index (χ3n) is 2.62. The highest BCUT2D eigenvalue weighted by Gasteiger charge is 2.28. The molecule has 1 aromatic rings. The van der Waals surface area contributed by atoms with Gasteiger partial charge in [0.25, 0.3) is 0 Å². The van der Waals surface area contributed by atoms with Crippen molar-refractivity contribution in [2.24, 2.45) is 5.73 Å². The van der Waals surface area contributed by atoms with Crippen LogP contribution in [-0.2, 0) is 9.53 Å². The van der Waals surface area contributed by atoms with E-state index in [0.29, 0.717) is 17.1 Å². The number of benzene rings is 1. The minimum absolute atomic E-state index is 0.109. The summed E-state index contributed by atoms with van der Waals surface area (Å²) in [6, 6.07) is 3.61. The first kappa shape index (κ1) is 15.2. The second-order valence-electron chi connectivity index (χ2n) is 3.79. The first-order valence-corrected chi connectivity index (χ1v) is 5.83. The highest BCUT2D eigenvalue weighted by Crippen LogP contribution is 2.30. The average Bonchev–Trinajstić information content (AvgIpc) is 2.45. The van der Waals surface area contributed by atoms with Crippen LogP contribution < -0.4 is 15.2 Å². The van der Waals surface area contributed by atoms with Crippen molar-refractivity contribution in [2.75, 3.05) is 20.8 Å². The Morgan fingerprint density at radius 3 is 2.47 bits per heavy atom. The van der Waals surface area contributed by atoms with Gasteiger partial charge in [0.2, 0.25) is 6.17 Å². The Bertz CT molecular complexity index is 439. The molecule has 1 aromatic carbocycles. The summed E-state index contributed by atoms with van der Waals surface area (Å²) in [5.41, 5.74) is 6.14. The van der Waals surface area contributed by atoms with Crippen LogP contribution in [0.2, 0.25) is 0 Å². The van der Waals surface area contributed by atoms with E-state index in [4.69, 9.17) is 15.2 Å². The number of nitrogens with two attached hydrogens (primary N) is 1.